The quantitative estimate of drug-likeness (QED) is 0.254. The molecule has 0 atom stereocenters. The van der Waals surface area contributed by atoms with E-state index in [9.17, 15) is 13.2 Å². The van der Waals surface area contributed by atoms with Crippen LogP contribution < -0.4 is 11.1 Å². The van der Waals surface area contributed by atoms with Crippen LogP contribution in [0.3, 0.4) is 0 Å². The molecule has 0 bridgehead atoms. The first-order valence-corrected chi connectivity index (χ1v) is 4.67. The first kappa shape index (κ1) is 17.9. The second kappa shape index (κ2) is 9.73. The molecular formula is C9H17F3IN3. The molecule has 0 heterocycles. The molecular weight excluding hydrogens is 334 g/mol. The molecule has 0 saturated carbocycles. The molecule has 0 saturated heterocycles. The third-order valence-electron chi connectivity index (χ3n) is 1.58. The van der Waals surface area contributed by atoms with Crippen molar-refractivity contribution in [2.45, 2.75) is 25.4 Å². The monoisotopic (exact) mass is 351 g/mol. The van der Waals surface area contributed by atoms with Crippen LogP contribution in [0.2, 0.25) is 0 Å². The fourth-order valence-corrected chi connectivity index (χ4v) is 0.869. The number of hydrogen-bond donors (Lipinski definition) is 2. The molecule has 0 aromatic rings. The number of guanidine groups is 1. The van der Waals surface area contributed by atoms with Crippen molar-refractivity contribution >= 4 is 29.9 Å². The van der Waals surface area contributed by atoms with Crippen molar-refractivity contribution in [1.82, 2.24) is 5.32 Å². The Bertz CT molecular complexity index is 217. The highest BCUT2D eigenvalue weighted by atomic mass is 127. The van der Waals surface area contributed by atoms with Gasteiger partial charge in [-0.25, -0.2) is 0 Å². The van der Waals surface area contributed by atoms with Gasteiger partial charge in [-0.05, 0) is 12.8 Å². The minimum absolute atomic E-state index is 0. The van der Waals surface area contributed by atoms with Gasteiger partial charge in [0, 0.05) is 19.5 Å². The van der Waals surface area contributed by atoms with Gasteiger partial charge in [0.1, 0.15) is 0 Å². The largest absolute Gasteiger partial charge is 0.389 e. The minimum atomic E-state index is -4.07. The van der Waals surface area contributed by atoms with E-state index in [4.69, 9.17) is 5.73 Å². The molecule has 0 radical (unpaired) electrons. The van der Waals surface area contributed by atoms with Gasteiger partial charge in [0.05, 0.1) is 0 Å². The summed E-state index contributed by atoms with van der Waals surface area (Å²) < 4.78 is 35.2. The standard InChI is InChI=1S/C9H16F3N3.HI/c1-2-6-14-8(13)15-7-4-3-5-9(10,11)12;/h2H,1,3-7H2,(H3,13,14,15);1H. The zero-order valence-corrected chi connectivity index (χ0v) is 11.2. The van der Waals surface area contributed by atoms with Gasteiger partial charge in [-0.3, -0.25) is 4.99 Å². The van der Waals surface area contributed by atoms with Gasteiger partial charge in [-0.15, -0.1) is 30.6 Å². The van der Waals surface area contributed by atoms with E-state index >= 15 is 0 Å². The van der Waals surface area contributed by atoms with Crippen molar-refractivity contribution in [3.8, 4) is 0 Å². The first-order chi connectivity index (χ1) is 6.95. The summed E-state index contributed by atoms with van der Waals surface area (Å²) in [5, 5.41) is 2.73. The van der Waals surface area contributed by atoms with Crippen LogP contribution in [-0.4, -0.2) is 25.2 Å². The SMILES string of the molecule is C=CCNC(N)=NCCCCC(F)(F)F.I. The molecule has 96 valence electrons. The highest BCUT2D eigenvalue weighted by molar-refractivity contribution is 14.0. The molecule has 0 aromatic carbocycles. The van der Waals surface area contributed by atoms with Crippen molar-refractivity contribution in [2.24, 2.45) is 10.7 Å². The number of rotatable bonds is 6. The topological polar surface area (TPSA) is 50.4 Å². The average molecular weight is 351 g/mol. The molecule has 16 heavy (non-hydrogen) atoms. The van der Waals surface area contributed by atoms with Gasteiger partial charge in [-0.1, -0.05) is 6.08 Å². The van der Waals surface area contributed by atoms with Gasteiger partial charge >= 0.3 is 6.18 Å². The van der Waals surface area contributed by atoms with Crippen LogP contribution in [0, 0.1) is 0 Å². The lowest BCUT2D eigenvalue weighted by atomic mass is 10.2. The lowest BCUT2D eigenvalue weighted by Gasteiger charge is -2.05. The van der Waals surface area contributed by atoms with Gasteiger partial charge < -0.3 is 11.1 Å². The third-order valence-corrected chi connectivity index (χ3v) is 1.58. The number of aliphatic imine (C=N–C) groups is 1. The Kier molecular flexibility index (Phi) is 10.9. The smallest absolute Gasteiger partial charge is 0.370 e. The predicted octanol–water partition coefficient (Wildman–Crippen LogP) is 2.43. The van der Waals surface area contributed by atoms with E-state index in [2.05, 4.69) is 16.9 Å². The van der Waals surface area contributed by atoms with E-state index in [0.717, 1.165) is 0 Å². The molecule has 0 aromatic heterocycles. The van der Waals surface area contributed by atoms with Crippen LogP contribution in [-0.2, 0) is 0 Å². The van der Waals surface area contributed by atoms with E-state index in [0.29, 0.717) is 19.5 Å². The maximum absolute atomic E-state index is 11.7. The third kappa shape index (κ3) is 13.5. The Balaban J connectivity index is 0. The van der Waals surface area contributed by atoms with Crippen molar-refractivity contribution in [3.05, 3.63) is 12.7 Å². The summed E-state index contributed by atoms with van der Waals surface area (Å²) in [6, 6.07) is 0. The van der Waals surface area contributed by atoms with E-state index in [1.54, 1.807) is 6.08 Å². The molecule has 0 aliphatic carbocycles. The number of halogens is 4. The van der Waals surface area contributed by atoms with Gasteiger partial charge in [-0.2, -0.15) is 13.2 Å². The Labute approximate surface area is 110 Å². The summed E-state index contributed by atoms with van der Waals surface area (Å²) >= 11 is 0. The van der Waals surface area contributed by atoms with Crippen LogP contribution in [0.15, 0.2) is 17.6 Å². The van der Waals surface area contributed by atoms with Crippen molar-refractivity contribution in [1.29, 1.82) is 0 Å². The molecule has 0 aliphatic heterocycles. The second-order valence-corrected chi connectivity index (χ2v) is 3.01. The fraction of sp³-hybridized carbons (Fsp3) is 0.667. The highest BCUT2D eigenvalue weighted by Crippen LogP contribution is 2.21. The zero-order valence-electron chi connectivity index (χ0n) is 8.89. The molecule has 0 amide bonds. The van der Waals surface area contributed by atoms with Crippen LogP contribution in [0.25, 0.3) is 0 Å². The van der Waals surface area contributed by atoms with E-state index < -0.39 is 12.6 Å². The molecule has 7 heteroatoms. The van der Waals surface area contributed by atoms with E-state index in [-0.39, 0.29) is 36.4 Å². The maximum atomic E-state index is 11.7. The summed E-state index contributed by atoms with van der Waals surface area (Å²) in [6.45, 7) is 4.28. The molecule has 0 spiro atoms. The maximum Gasteiger partial charge on any atom is 0.389 e. The molecule has 0 aliphatic rings. The second-order valence-electron chi connectivity index (χ2n) is 3.01. The Morgan fingerprint density at radius 1 is 1.38 bits per heavy atom. The van der Waals surface area contributed by atoms with Crippen molar-refractivity contribution in [2.75, 3.05) is 13.1 Å². The van der Waals surface area contributed by atoms with Crippen LogP contribution in [0.5, 0.6) is 0 Å². The van der Waals surface area contributed by atoms with E-state index in [1.807, 2.05) is 0 Å². The zero-order chi connectivity index (χ0) is 11.7. The summed E-state index contributed by atoms with van der Waals surface area (Å²) in [6.07, 6.45) is -2.75. The average Bonchev–Trinajstić information content (AvgIpc) is 2.12. The Morgan fingerprint density at radius 2 is 2.00 bits per heavy atom. The highest BCUT2D eigenvalue weighted by Gasteiger charge is 2.25. The summed E-state index contributed by atoms with van der Waals surface area (Å²) in [5.74, 6) is 0.238. The Hall–Kier alpha value is -0.470. The summed E-state index contributed by atoms with van der Waals surface area (Å²) in [4.78, 5) is 3.85. The molecule has 3 N–H and O–H groups in total. The summed E-state index contributed by atoms with van der Waals surface area (Å²) in [5.41, 5.74) is 5.40. The van der Waals surface area contributed by atoms with Crippen molar-refractivity contribution in [3.63, 3.8) is 0 Å². The summed E-state index contributed by atoms with van der Waals surface area (Å²) in [7, 11) is 0. The number of nitrogens with zero attached hydrogens (tertiary/aromatic N) is 1. The predicted molar refractivity (Wildman–Crippen MR) is 70.0 cm³/mol. The number of hydrogen-bond acceptors (Lipinski definition) is 1. The molecule has 0 unspecified atom stereocenters. The van der Waals surface area contributed by atoms with Crippen LogP contribution >= 0.6 is 24.0 Å². The lowest BCUT2D eigenvalue weighted by molar-refractivity contribution is -0.135. The minimum Gasteiger partial charge on any atom is -0.370 e. The fourth-order valence-electron chi connectivity index (χ4n) is 0.869. The van der Waals surface area contributed by atoms with Crippen LogP contribution in [0.1, 0.15) is 19.3 Å². The van der Waals surface area contributed by atoms with Gasteiger partial charge in [0.25, 0.3) is 0 Å². The normalized spacial score (nSPS) is 11.8. The van der Waals surface area contributed by atoms with Gasteiger partial charge in [0.2, 0.25) is 0 Å². The Morgan fingerprint density at radius 3 is 2.50 bits per heavy atom. The van der Waals surface area contributed by atoms with Crippen LogP contribution in [0.4, 0.5) is 13.2 Å². The molecule has 3 nitrogen and oxygen atoms in total. The van der Waals surface area contributed by atoms with Gasteiger partial charge in [0.15, 0.2) is 5.96 Å². The number of unbranched alkanes of at least 4 members (excludes halogenated alkanes) is 1. The molecule has 0 rings (SSSR count). The number of alkyl halides is 3. The first-order valence-electron chi connectivity index (χ1n) is 4.67. The number of nitrogens with one attached hydrogen (secondary N) is 1. The van der Waals surface area contributed by atoms with Crippen molar-refractivity contribution < 1.29 is 13.2 Å². The number of nitrogens with two attached hydrogens (primary N) is 1. The lowest BCUT2D eigenvalue weighted by Crippen LogP contribution is -2.31. The van der Waals surface area contributed by atoms with E-state index in [1.165, 1.54) is 0 Å². The molecule has 0 fully saturated rings.